The molecule has 0 saturated heterocycles. The van der Waals surface area contributed by atoms with Gasteiger partial charge in [-0.3, -0.25) is 4.79 Å². The van der Waals surface area contributed by atoms with Crippen LogP contribution in [0.25, 0.3) is 0 Å². The van der Waals surface area contributed by atoms with Gasteiger partial charge < -0.3 is 5.32 Å². The van der Waals surface area contributed by atoms with Crippen LogP contribution in [0.2, 0.25) is 0 Å². The lowest BCUT2D eigenvalue weighted by Crippen LogP contribution is -2.46. The number of aryl methyl sites for hydroxylation is 1. The lowest BCUT2D eigenvalue weighted by atomic mass is 9.77. The zero-order chi connectivity index (χ0) is 13.7. The topological polar surface area (TPSA) is 29.1 Å². The molecule has 1 N–H and O–H groups in total. The summed E-state index contributed by atoms with van der Waals surface area (Å²) in [6.45, 7) is 2.12. The molecule has 0 atom stereocenters. The molecular weight excluding hydrogens is 234 g/mol. The van der Waals surface area contributed by atoms with E-state index in [1.807, 2.05) is 19.2 Å². The number of Topliss-reactive ketones (excluding diaryl/α,β-unsaturated/α-hetero) is 1. The molecule has 0 heterocycles. The number of carbonyl (C=O) groups excluding carboxylic acids is 1. The quantitative estimate of drug-likeness (QED) is 0.816. The van der Waals surface area contributed by atoms with Crippen LogP contribution in [0.15, 0.2) is 24.3 Å². The number of hydrogen-bond donors (Lipinski definition) is 1. The summed E-state index contributed by atoms with van der Waals surface area (Å²) in [5.41, 5.74) is 2.16. The van der Waals surface area contributed by atoms with E-state index in [9.17, 15) is 4.79 Å². The Bertz CT molecular complexity index is 433. The summed E-state index contributed by atoms with van der Waals surface area (Å²) in [6, 6.07) is 8.09. The first kappa shape index (κ1) is 14.3. The summed E-state index contributed by atoms with van der Waals surface area (Å²) < 4.78 is 0. The van der Waals surface area contributed by atoms with Gasteiger partial charge in [-0.1, -0.05) is 44.4 Å². The van der Waals surface area contributed by atoms with Gasteiger partial charge in [0, 0.05) is 17.5 Å². The third kappa shape index (κ3) is 3.44. The van der Waals surface area contributed by atoms with Crippen molar-refractivity contribution < 1.29 is 4.79 Å². The second-order valence-electron chi connectivity index (χ2n) is 5.74. The Labute approximate surface area is 116 Å². The predicted molar refractivity (Wildman–Crippen MR) is 79.6 cm³/mol. The molecule has 104 valence electrons. The van der Waals surface area contributed by atoms with Crippen LogP contribution in [0.5, 0.6) is 0 Å². The minimum Gasteiger partial charge on any atom is -0.314 e. The number of nitrogens with one attached hydrogen (secondary N) is 1. The molecule has 0 aliphatic heterocycles. The van der Waals surface area contributed by atoms with E-state index < -0.39 is 0 Å². The second-order valence-corrected chi connectivity index (χ2v) is 5.74. The Balaban J connectivity index is 2.10. The lowest BCUT2D eigenvalue weighted by Gasteiger charge is -2.36. The average molecular weight is 259 g/mol. The number of rotatable bonds is 5. The van der Waals surface area contributed by atoms with E-state index in [-0.39, 0.29) is 11.3 Å². The van der Waals surface area contributed by atoms with Crippen LogP contribution in [0, 0.1) is 0 Å². The summed E-state index contributed by atoms with van der Waals surface area (Å²) in [6.07, 6.45) is 7.66. The van der Waals surface area contributed by atoms with Gasteiger partial charge in [0.2, 0.25) is 0 Å². The summed E-state index contributed by atoms with van der Waals surface area (Å²) in [5.74, 6) is 0.284. The summed E-state index contributed by atoms with van der Waals surface area (Å²) >= 11 is 0. The zero-order valence-corrected chi connectivity index (χ0v) is 12.2. The van der Waals surface area contributed by atoms with Crippen molar-refractivity contribution in [3.63, 3.8) is 0 Å². The van der Waals surface area contributed by atoms with Gasteiger partial charge in [-0.05, 0) is 37.9 Å². The second kappa shape index (κ2) is 6.33. The Morgan fingerprint density at radius 1 is 1.26 bits per heavy atom. The van der Waals surface area contributed by atoms with Crippen LogP contribution < -0.4 is 5.32 Å². The molecule has 2 nitrogen and oxygen atoms in total. The fourth-order valence-electron chi connectivity index (χ4n) is 3.12. The molecule has 1 aliphatic carbocycles. The van der Waals surface area contributed by atoms with Crippen molar-refractivity contribution in [3.05, 3.63) is 35.4 Å². The van der Waals surface area contributed by atoms with Gasteiger partial charge in [-0.25, -0.2) is 0 Å². The van der Waals surface area contributed by atoms with Gasteiger partial charge in [0.1, 0.15) is 0 Å². The van der Waals surface area contributed by atoms with Crippen LogP contribution in [0.3, 0.4) is 0 Å². The molecule has 1 aromatic rings. The zero-order valence-electron chi connectivity index (χ0n) is 12.2. The highest BCUT2D eigenvalue weighted by atomic mass is 16.1. The van der Waals surface area contributed by atoms with E-state index in [0.717, 1.165) is 24.8 Å². The first-order valence-electron chi connectivity index (χ1n) is 7.50. The molecule has 1 aliphatic rings. The van der Waals surface area contributed by atoms with Crippen LogP contribution in [0.4, 0.5) is 0 Å². The molecule has 1 aromatic carbocycles. The van der Waals surface area contributed by atoms with E-state index in [0.29, 0.717) is 6.42 Å². The van der Waals surface area contributed by atoms with Crippen LogP contribution in [0.1, 0.15) is 61.4 Å². The van der Waals surface area contributed by atoms with Gasteiger partial charge in [-0.2, -0.15) is 0 Å². The summed E-state index contributed by atoms with van der Waals surface area (Å²) in [7, 11) is 2.00. The van der Waals surface area contributed by atoms with Gasteiger partial charge >= 0.3 is 0 Å². The van der Waals surface area contributed by atoms with E-state index in [1.165, 1.54) is 24.8 Å². The van der Waals surface area contributed by atoms with Crippen molar-refractivity contribution >= 4 is 5.78 Å². The monoisotopic (exact) mass is 259 g/mol. The smallest absolute Gasteiger partial charge is 0.164 e. The molecule has 0 unspecified atom stereocenters. The van der Waals surface area contributed by atoms with Gasteiger partial charge in [0.15, 0.2) is 5.78 Å². The molecule has 1 saturated carbocycles. The first-order valence-corrected chi connectivity index (χ1v) is 7.50. The molecule has 0 bridgehead atoms. The maximum Gasteiger partial charge on any atom is 0.164 e. The maximum atomic E-state index is 12.5. The third-order valence-corrected chi connectivity index (χ3v) is 4.50. The average Bonchev–Trinajstić information content (AvgIpc) is 2.48. The third-order valence-electron chi connectivity index (χ3n) is 4.50. The van der Waals surface area contributed by atoms with Crippen molar-refractivity contribution in [2.45, 2.75) is 57.4 Å². The fraction of sp³-hybridized carbons (Fsp3) is 0.588. The Kier molecular flexibility index (Phi) is 4.76. The van der Waals surface area contributed by atoms with E-state index in [4.69, 9.17) is 0 Å². The molecule has 2 rings (SSSR count). The van der Waals surface area contributed by atoms with Crippen molar-refractivity contribution in [1.82, 2.24) is 5.32 Å². The predicted octanol–water partition coefficient (Wildman–Crippen LogP) is 3.74. The van der Waals surface area contributed by atoms with Gasteiger partial charge in [-0.15, -0.1) is 0 Å². The molecule has 0 amide bonds. The first-order chi connectivity index (χ1) is 9.19. The standard InChI is InChI=1S/C17H25NO/c1-3-14-8-7-9-15(12-14)16(19)13-17(18-2)10-5-4-6-11-17/h7-9,12,18H,3-6,10-11,13H2,1-2H3. The lowest BCUT2D eigenvalue weighted by molar-refractivity contribution is 0.0915. The van der Waals surface area contributed by atoms with Crippen LogP contribution >= 0.6 is 0 Å². The minimum absolute atomic E-state index is 0.0392. The van der Waals surface area contributed by atoms with Crippen molar-refractivity contribution in [3.8, 4) is 0 Å². The largest absolute Gasteiger partial charge is 0.314 e. The molecule has 0 aromatic heterocycles. The molecule has 19 heavy (non-hydrogen) atoms. The normalized spacial score (nSPS) is 18.2. The van der Waals surface area contributed by atoms with Gasteiger partial charge in [0.05, 0.1) is 0 Å². The minimum atomic E-state index is 0.0392. The maximum absolute atomic E-state index is 12.5. The Morgan fingerprint density at radius 3 is 2.63 bits per heavy atom. The molecule has 0 spiro atoms. The van der Waals surface area contributed by atoms with Crippen molar-refractivity contribution in [1.29, 1.82) is 0 Å². The van der Waals surface area contributed by atoms with Crippen LogP contribution in [-0.2, 0) is 6.42 Å². The molecular formula is C17H25NO. The molecule has 2 heteroatoms. The number of benzene rings is 1. The summed E-state index contributed by atoms with van der Waals surface area (Å²) in [5, 5.41) is 3.43. The van der Waals surface area contributed by atoms with E-state index >= 15 is 0 Å². The highest BCUT2D eigenvalue weighted by molar-refractivity contribution is 5.97. The highest BCUT2D eigenvalue weighted by Crippen LogP contribution is 2.31. The number of ketones is 1. The SMILES string of the molecule is CCc1cccc(C(=O)CC2(NC)CCCCC2)c1. The summed E-state index contributed by atoms with van der Waals surface area (Å²) in [4.78, 5) is 12.5. The Hall–Kier alpha value is -1.15. The molecule has 1 fully saturated rings. The van der Waals surface area contributed by atoms with E-state index in [2.05, 4.69) is 24.4 Å². The van der Waals surface area contributed by atoms with E-state index in [1.54, 1.807) is 0 Å². The Morgan fingerprint density at radius 2 is 2.00 bits per heavy atom. The number of hydrogen-bond acceptors (Lipinski definition) is 2. The number of carbonyl (C=O) groups is 1. The van der Waals surface area contributed by atoms with Gasteiger partial charge in [0.25, 0.3) is 0 Å². The fourth-order valence-corrected chi connectivity index (χ4v) is 3.12. The van der Waals surface area contributed by atoms with Crippen LogP contribution in [-0.4, -0.2) is 18.4 Å². The highest BCUT2D eigenvalue weighted by Gasteiger charge is 2.32. The molecule has 0 radical (unpaired) electrons. The van der Waals surface area contributed by atoms with Crippen molar-refractivity contribution in [2.75, 3.05) is 7.05 Å². The van der Waals surface area contributed by atoms with Crippen molar-refractivity contribution in [2.24, 2.45) is 0 Å².